The molecule has 2 aliphatic rings. The van der Waals surface area contributed by atoms with E-state index in [0.717, 1.165) is 5.57 Å². The van der Waals surface area contributed by atoms with Crippen LogP contribution in [0.3, 0.4) is 0 Å². The topological polar surface area (TPSA) is 107 Å². The molecule has 7 atom stereocenters. The van der Waals surface area contributed by atoms with Crippen LogP contribution in [0.15, 0.2) is 11.6 Å². The Bertz CT molecular complexity index is 515. The maximum Gasteiger partial charge on any atom is 0.152 e. The van der Waals surface area contributed by atoms with E-state index in [1.165, 1.54) is 14.0 Å². The van der Waals surface area contributed by atoms with E-state index in [4.69, 9.17) is 4.74 Å². The smallest absolute Gasteiger partial charge is 0.152 e. The standard InChI is InChI=1S/C16H28O6S/c1-10(2)5-6-12-14(3,18)16(20)13(22-4)11(17)7-8-15(16,19)9-23(12)21/h5,11-13,17-20H,6-9H2,1-4H3/t11-,12+,13-,14+,15+,16+,23?/m1/s1. The minimum Gasteiger partial charge on any atom is -0.390 e. The van der Waals surface area contributed by atoms with E-state index in [1.807, 2.05) is 19.9 Å². The predicted molar refractivity (Wildman–Crippen MR) is 87.4 cm³/mol. The molecule has 0 bridgehead atoms. The summed E-state index contributed by atoms with van der Waals surface area (Å²) in [5.41, 5.74) is -4.72. The highest BCUT2D eigenvalue weighted by molar-refractivity contribution is 7.85. The van der Waals surface area contributed by atoms with Crippen molar-refractivity contribution >= 4 is 10.8 Å². The Labute approximate surface area is 139 Å². The lowest BCUT2D eigenvalue weighted by Crippen LogP contribution is -2.83. The van der Waals surface area contributed by atoms with Crippen molar-refractivity contribution < 1.29 is 29.4 Å². The Hall–Kier alpha value is -0.310. The van der Waals surface area contributed by atoms with E-state index >= 15 is 0 Å². The van der Waals surface area contributed by atoms with Gasteiger partial charge in [0, 0.05) is 17.9 Å². The van der Waals surface area contributed by atoms with Crippen LogP contribution in [0, 0.1) is 0 Å². The van der Waals surface area contributed by atoms with Crippen LogP contribution in [0.25, 0.3) is 0 Å². The highest BCUT2D eigenvalue weighted by Gasteiger charge is 2.73. The van der Waals surface area contributed by atoms with Crippen LogP contribution < -0.4 is 0 Å². The highest BCUT2D eigenvalue weighted by Crippen LogP contribution is 2.51. The van der Waals surface area contributed by atoms with Crippen LogP contribution in [0.2, 0.25) is 0 Å². The number of aliphatic hydroxyl groups excluding tert-OH is 1. The average molecular weight is 348 g/mol. The monoisotopic (exact) mass is 348 g/mol. The zero-order valence-electron chi connectivity index (χ0n) is 14.2. The fourth-order valence-electron chi connectivity index (χ4n) is 4.06. The third-order valence-corrected chi connectivity index (χ3v) is 7.46. The lowest BCUT2D eigenvalue weighted by molar-refractivity contribution is -0.313. The molecule has 2 fully saturated rings. The first-order valence-electron chi connectivity index (χ1n) is 7.90. The lowest BCUT2D eigenvalue weighted by Gasteiger charge is -2.62. The third kappa shape index (κ3) is 2.71. The van der Waals surface area contributed by atoms with E-state index in [0.29, 0.717) is 6.42 Å². The lowest BCUT2D eigenvalue weighted by atomic mass is 9.60. The number of hydrogen-bond donors (Lipinski definition) is 4. The number of allylic oxidation sites excluding steroid dienone is 2. The molecule has 0 aromatic carbocycles. The van der Waals surface area contributed by atoms with Crippen LogP contribution in [0.4, 0.5) is 0 Å². The van der Waals surface area contributed by atoms with Gasteiger partial charge in [0.25, 0.3) is 0 Å². The van der Waals surface area contributed by atoms with Gasteiger partial charge in [0.05, 0.1) is 17.1 Å². The van der Waals surface area contributed by atoms with Gasteiger partial charge in [-0.2, -0.15) is 0 Å². The molecule has 23 heavy (non-hydrogen) atoms. The van der Waals surface area contributed by atoms with Crippen molar-refractivity contribution in [2.24, 2.45) is 0 Å². The summed E-state index contributed by atoms with van der Waals surface area (Å²) in [5.74, 6) is -0.145. The van der Waals surface area contributed by atoms with Gasteiger partial charge in [-0.15, -0.1) is 0 Å². The molecule has 2 rings (SSSR count). The predicted octanol–water partition coefficient (Wildman–Crippen LogP) is -0.144. The molecule has 4 N–H and O–H groups in total. The Morgan fingerprint density at radius 2 is 1.96 bits per heavy atom. The molecular weight excluding hydrogens is 320 g/mol. The Morgan fingerprint density at radius 3 is 2.48 bits per heavy atom. The fourth-order valence-corrected chi connectivity index (χ4v) is 6.10. The van der Waals surface area contributed by atoms with Gasteiger partial charge in [-0.3, -0.25) is 4.21 Å². The normalized spacial score (nSPS) is 50.3. The van der Waals surface area contributed by atoms with Gasteiger partial charge in [-0.05, 0) is 40.0 Å². The molecule has 1 aliphatic heterocycles. The van der Waals surface area contributed by atoms with Crippen LogP contribution >= 0.6 is 0 Å². The summed E-state index contributed by atoms with van der Waals surface area (Å²) in [6.07, 6.45) is 0.277. The van der Waals surface area contributed by atoms with Gasteiger partial charge in [-0.25, -0.2) is 0 Å². The zero-order valence-corrected chi connectivity index (χ0v) is 15.0. The Morgan fingerprint density at radius 1 is 1.35 bits per heavy atom. The van der Waals surface area contributed by atoms with E-state index in [1.54, 1.807) is 0 Å². The second kappa shape index (κ2) is 6.20. The average Bonchev–Trinajstić information content (AvgIpc) is 2.42. The number of aliphatic hydroxyl groups is 4. The van der Waals surface area contributed by atoms with Gasteiger partial charge >= 0.3 is 0 Å². The van der Waals surface area contributed by atoms with E-state index in [9.17, 15) is 24.6 Å². The van der Waals surface area contributed by atoms with Crippen molar-refractivity contribution in [2.75, 3.05) is 12.9 Å². The summed E-state index contributed by atoms with van der Waals surface area (Å²) >= 11 is 0. The highest BCUT2D eigenvalue weighted by atomic mass is 32.2. The first-order valence-corrected chi connectivity index (χ1v) is 9.28. The molecule has 1 aliphatic carbocycles. The second-order valence-electron chi connectivity index (χ2n) is 7.24. The number of ether oxygens (including phenoxy) is 1. The quantitative estimate of drug-likeness (QED) is 0.529. The first-order chi connectivity index (χ1) is 10.5. The molecule has 0 spiro atoms. The number of hydrogen-bond acceptors (Lipinski definition) is 6. The molecule has 0 aromatic heterocycles. The molecule has 1 heterocycles. The molecule has 0 aromatic rings. The van der Waals surface area contributed by atoms with Crippen molar-refractivity contribution in [3.05, 3.63) is 11.6 Å². The maximum absolute atomic E-state index is 12.6. The Kier molecular flexibility index (Phi) is 5.13. The van der Waals surface area contributed by atoms with E-state index in [-0.39, 0.29) is 18.6 Å². The van der Waals surface area contributed by atoms with E-state index in [2.05, 4.69) is 0 Å². The van der Waals surface area contributed by atoms with Crippen molar-refractivity contribution in [2.45, 2.75) is 74.3 Å². The third-order valence-electron chi connectivity index (χ3n) is 5.42. The molecule has 1 saturated carbocycles. The van der Waals surface area contributed by atoms with Gasteiger partial charge in [-0.1, -0.05) is 11.6 Å². The summed E-state index contributed by atoms with van der Waals surface area (Å²) < 4.78 is 17.9. The molecule has 0 amide bonds. The van der Waals surface area contributed by atoms with Crippen molar-refractivity contribution in [1.82, 2.24) is 0 Å². The van der Waals surface area contributed by atoms with Crippen LogP contribution in [0.1, 0.15) is 40.0 Å². The number of fused-ring (bicyclic) bond motifs is 1. The fraction of sp³-hybridized carbons (Fsp3) is 0.875. The summed E-state index contributed by atoms with van der Waals surface area (Å²) in [6.45, 7) is 5.17. The summed E-state index contributed by atoms with van der Waals surface area (Å²) in [7, 11) is -0.194. The van der Waals surface area contributed by atoms with Gasteiger partial charge in [0.2, 0.25) is 0 Å². The molecule has 0 radical (unpaired) electrons. The van der Waals surface area contributed by atoms with Crippen molar-refractivity contribution in [3.8, 4) is 0 Å². The molecule has 7 heteroatoms. The minimum absolute atomic E-state index is 0.0573. The Balaban J connectivity index is 2.52. The van der Waals surface area contributed by atoms with Gasteiger partial charge < -0.3 is 25.2 Å². The van der Waals surface area contributed by atoms with E-state index < -0.39 is 45.1 Å². The van der Waals surface area contributed by atoms with Crippen molar-refractivity contribution in [1.29, 1.82) is 0 Å². The SMILES string of the molecule is CO[C@@H]1[C@H](O)CC[C@]2(O)CS(=O)[C@@H](CC=C(C)C)[C@](C)(O)[C@@]12O. The van der Waals surface area contributed by atoms with Crippen LogP contribution in [0.5, 0.6) is 0 Å². The first kappa shape index (κ1) is 19.0. The van der Waals surface area contributed by atoms with Gasteiger partial charge in [0.1, 0.15) is 17.3 Å². The zero-order chi connectivity index (χ0) is 17.6. The minimum atomic E-state index is -2.10. The summed E-state index contributed by atoms with van der Waals surface area (Å²) in [5, 5.41) is 42.9. The van der Waals surface area contributed by atoms with Crippen molar-refractivity contribution in [3.63, 3.8) is 0 Å². The molecular formula is C16H28O6S. The molecule has 1 saturated heterocycles. The number of methoxy groups -OCH3 is 1. The summed E-state index contributed by atoms with van der Waals surface area (Å²) in [4.78, 5) is 0. The van der Waals surface area contributed by atoms with Crippen LogP contribution in [-0.4, -0.2) is 71.8 Å². The van der Waals surface area contributed by atoms with Gasteiger partial charge in [0.15, 0.2) is 5.60 Å². The largest absolute Gasteiger partial charge is 0.390 e. The molecule has 6 nitrogen and oxygen atoms in total. The molecule has 1 unspecified atom stereocenters. The molecule has 134 valence electrons. The number of rotatable bonds is 3. The maximum atomic E-state index is 12.6. The summed E-state index contributed by atoms with van der Waals surface area (Å²) in [6, 6.07) is 0. The second-order valence-corrected chi connectivity index (χ2v) is 8.86. The van der Waals surface area contributed by atoms with Crippen LogP contribution in [-0.2, 0) is 15.5 Å².